The lowest BCUT2D eigenvalue weighted by molar-refractivity contribution is -0.138. The summed E-state index contributed by atoms with van der Waals surface area (Å²) in [6.07, 6.45) is 3.23. The highest BCUT2D eigenvalue weighted by molar-refractivity contribution is 5.79. The number of rotatable bonds is 4. The number of piperidine rings is 1. The maximum Gasteiger partial charge on any atom is 0.222 e. The molecule has 1 aliphatic heterocycles. The Morgan fingerprint density at radius 1 is 1.53 bits per heavy atom. The van der Waals surface area contributed by atoms with Crippen LogP contribution in [0.3, 0.4) is 0 Å². The Bertz CT molecular complexity index is 248. The first kappa shape index (κ1) is 12.2. The summed E-state index contributed by atoms with van der Waals surface area (Å²) in [7, 11) is 0. The van der Waals surface area contributed by atoms with Gasteiger partial charge in [-0.1, -0.05) is 13.8 Å². The first-order chi connectivity index (χ1) is 7.02. The lowest BCUT2D eigenvalue weighted by atomic mass is 9.92. The second-order valence-corrected chi connectivity index (χ2v) is 4.74. The second-order valence-electron chi connectivity index (χ2n) is 4.74. The number of hydrogen-bond acceptors (Lipinski definition) is 2. The van der Waals surface area contributed by atoms with Gasteiger partial charge in [0.15, 0.2) is 0 Å². The minimum atomic E-state index is 0.163. The van der Waals surface area contributed by atoms with Gasteiger partial charge >= 0.3 is 0 Å². The van der Waals surface area contributed by atoms with Crippen LogP contribution in [-0.4, -0.2) is 29.2 Å². The first-order valence-corrected chi connectivity index (χ1v) is 5.81. The molecule has 1 aliphatic rings. The Morgan fingerprint density at radius 3 is 2.73 bits per heavy atom. The van der Waals surface area contributed by atoms with Crippen molar-refractivity contribution in [3.8, 4) is 0 Å². The summed E-state index contributed by atoms with van der Waals surface area (Å²) < 4.78 is 0. The van der Waals surface area contributed by atoms with Crippen molar-refractivity contribution >= 4 is 11.7 Å². The Labute approximate surface area is 91.8 Å². The standard InChI is InChI=1S/C12H21NO2/c1-9(2)11-5-4-6-12(15)13(11)8-7-10(3)14/h9,11H,4-8H2,1-3H3. The predicted octanol–water partition coefficient (Wildman–Crippen LogP) is 2.00. The summed E-state index contributed by atoms with van der Waals surface area (Å²) in [4.78, 5) is 24.6. The van der Waals surface area contributed by atoms with Gasteiger partial charge in [0.25, 0.3) is 0 Å². The van der Waals surface area contributed by atoms with Gasteiger partial charge in [0.1, 0.15) is 5.78 Å². The molecule has 1 heterocycles. The molecule has 86 valence electrons. The van der Waals surface area contributed by atoms with Gasteiger partial charge in [-0.05, 0) is 25.7 Å². The van der Waals surface area contributed by atoms with E-state index in [2.05, 4.69) is 13.8 Å². The Morgan fingerprint density at radius 2 is 2.20 bits per heavy atom. The zero-order valence-corrected chi connectivity index (χ0v) is 9.95. The van der Waals surface area contributed by atoms with Gasteiger partial charge in [-0.2, -0.15) is 0 Å². The highest BCUT2D eigenvalue weighted by Gasteiger charge is 2.29. The fourth-order valence-corrected chi connectivity index (χ4v) is 2.21. The van der Waals surface area contributed by atoms with E-state index in [-0.39, 0.29) is 11.7 Å². The van der Waals surface area contributed by atoms with E-state index in [0.29, 0.717) is 31.3 Å². The molecule has 1 rings (SSSR count). The van der Waals surface area contributed by atoms with Gasteiger partial charge < -0.3 is 4.90 Å². The van der Waals surface area contributed by atoms with E-state index in [0.717, 1.165) is 12.8 Å². The van der Waals surface area contributed by atoms with Crippen LogP contribution >= 0.6 is 0 Å². The van der Waals surface area contributed by atoms with E-state index in [9.17, 15) is 9.59 Å². The highest BCUT2D eigenvalue weighted by Crippen LogP contribution is 2.24. The average Bonchev–Trinajstić information content (AvgIpc) is 2.15. The zero-order valence-electron chi connectivity index (χ0n) is 9.95. The van der Waals surface area contributed by atoms with Crippen LogP contribution in [0.5, 0.6) is 0 Å². The fraction of sp³-hybridized carbons (Fsp3) is 0.833. The Balaban J connectivity index is 2.60. The Kier molecular flexibility index (Phi) is 4.30. The molecule has 0 aromatic rings. The van der Waals surface area contributed by atoms with Crippen LogP contribution in [0, 0.1) is 5.92 Å². The van der Waals surface area contributed by atoms with E-state index >= 15 is 0 Å². The van der Waals surface area contributed by atoms with E-state index in [4.69, 9.17) is 0 Å². The maximum atomic E-state index is 11.7. The van der Waals surface area contributed by atoms with Crippen LogP contribution in [-0.2, 0) is 9.59 Å². The van der Waals surface area contributed by atoms with Crippen molar-refractivity contribution in [1.82, 2.24) is 4.90 Å². The van der Waals surface area contributed by atoms with Crippen molar-refractivity contribution in [3.05, 3.63) is 0 Å². The molecule has 1 atom stereocenters. The molecular formula is C12H21NO2. The van der Waals surface area contributed by atoms with Crippen LogP contribution in [0.1, 0.15) is 46.5 Å². The van der Waals surface area contributed by atoms with Crippen molar-refractivity contribution in [1.29, 1.82) is 0 Å². The predicted molar refractivity (Wildman–Crippen MR) is 59.5 cm³/mol. The summed E-state index contributed by atoms with van der Waals surface area (Å²) in [5.74, 6) is 0.873. The molecule has 0 spiro atoms. The molecule has 3 nitrogen and oxygen atoms in total. The third-order valence-corrected chi connectivity index (χ3v) is 3.09. The molecule has 1 saturated heterocycles. The Hall–Kier alpha value is -0.860. The van der Waals surface area contributed by atoms with E-state index in [1.807, 2.05) is 4.90 Å². The smallest absolute Gasteiger partial charge is 0.222 e. The summed E-state index contributed by atoms with van der Waals surface area (Å²) in [6, 6.07) is 0.339. The quantitative estimate of drug-likeness (QED) is 0.713. The molecule has 0 N–H and O–H groups in total. The number of Topliss-reactive ketones (excluding diaryl/α,β-unsaturated/α-hetero) is 1. The second kappa shape index (κ2) is 5.29. The molecule has 1 unspecified atom stereocenters. The number of amides is 1. The van der Waals surface area contributed by atoms with Crippen molar-refractivity contribution in [2.75, 3.05) is 6.54 Å². The molecule has 0 aliphatic carbocycles. The number of ketones is 1. The van der Waals surface area contributed by atoms with Crippen molar-refractivity contribution in [2.45, 2.75) is 52.5 Å². The number of nitrogens with zero attached hydrogens (tertiary/aromatic N) is 1. The molecule has 0 radical (unpaired) electrons. The zero-order chi connectivity index (χ0) is 11.4. The lowest BCUT2D eigenvalue weighted by Crippen LogP contribution is -2.47. The minimum Gasteiger partial charge on any atom is -0.339 e. The molecule has 1 fully saturated rings. The van der Waals surface area contributed by atoms with Crippen molar-refractivity contribution < 1.29 is 9.59 Å². The molecule has 3 heteroatoms. The largest absolute Gasteiger partial charge is 0.339 e. The summed E-state index contributed by atoms with van der Waals surface area (Å²) >= 11 is 0. The molecule has 0 aromatic heterocycles. The van der Waals surface area contributed by atoms with Gasteiger partial charge in [-0.3, -0.25) is 9.59 Å². The molecule has 15 heavy (non-hydrogen) atoms. The first-order valence-electron chi connectivity index (χ1n) is 5.81. The number of likely N-dealkylation sites (tertiary alicyclic amines) is 1. The monoisotopic (exact) mass is 211 g/mol. The SMILES string of the molecule is CC(=O)CCN1C(=O)CCCC1C(C)C. The van der Waals surface area contributed by atoms with Gasteiger partial charge in [0.05, 0.1) is 0 Å². The fourth-order valence-electron chi connectivity index (χ4n) is 2.21. The number of carbonyl (C=O) groups excluding carboxylic acids is 2. The van der Waals surface area contributed by atoms with Crippen LogP contribution in [0.2, 0.25) is 0 Å². The average molecular weight is 211 g/mol. The molecule has 0 saturated carbocycles. The van der Waals surface area contributed by atoms with Crippen molar-refractivity contribution in [3.63, 3.8) is 0 Å². The van der Waals surface area contributed by atoms with Crippen LogP contribution < -0.4 is 0 Å². The van der Waals surface area contributed by atoms with Crippen LogP contribution in [0.25, 0.3) is 0 Å². The summed E-state index contributed by atoms with van der Waals surface area (Å²) in [6.45, 7) is 6.48. The van der Waals surface area contributed by atoms with Crippen LogP contribution in [0.15, 0.2) is 0 Å². The summed E-state index contributed by atoms with van der Waals surface area (Å²) in [5.41, 5.74) is 0. The van der Waals surface area contributed by atoms with E-state index in [1.54, 1.807) is 6.92 Å². The molecule has 0 aromatic carbocycles. The molecule has 1 amide bonds. The van der Waals surface area contributed by atoms with Crippen LogP contribution in [0.4, 0.5) is 0 Å². The minimum absolute atomic E-state index is 0.163. The molecule has 0 bridgehead atoms. The number of carbonyl (C=O) groups is 2. The van der Waals surface area contributed by atoms with Gasteiger partial charge in [0.2, 0.25) is 5.91 Å². The van der Waals surface area contributed by atoms with E-state index < -0.39 is 0 Å². The van der Waals surface area contributed by atoms with Gasteiger partial charge in [-0.15, -0.1) is 0 Å². The highest BCUT2D eigenvalue weighted by atomic mass is 16.2. The summed E-state index contributed by atoms with van der Waals surface area (Å²) in [5, 5.41) is 0. The van der Waals surface area contributed by atoms with E-state index in [1.165, 1.54) is 0 Å². The maximum absolute atomic E-state index is 11.7. The normalized spacial score (nSPS) is 22.3. The third-order valence-electron chi connectivity index (χ3n) is 3.09. The topological polar surface area (TPSA) is 37.4 Å². The lowest BCUT2D eigenvalue weighted by Gasteiger charge is -2.38. The van der Waals surface area contributed by atoms with Crippen molar-refractivity contribution in [2.24, 2.45) is 5.92 Å². The van der Waals surface area contributed by atoms with Gasteiger partial charge in [-0.25, -0.2) is 0 Å². The van der Waals surface area contributed by atoms with Gasteiger partial charge in [0, 0.05) is 25.4 Å². The molecular weight excluding hydrogens is 190 g/mol. The third kappa shape index (κ3) is 3.33. The number of hydrogen-bond donors (Lipinski definition) is 0.